The fraction of sp³-hybridized carbons (Fsp3) is 0.500. The van der Waals surface area contributed by atoms with Gasteiger partial charge in [0.05, 0.1) is 0 Å². The summed E-state index contributed by atoms with van der Waals surface area (Å²) in [6, 6.07) is 9.83. The molecular formula is C12H17F. The summed E-state index contributed by atoms with van der Waals surface area (Å²) in [5, 5.41) is 0. The lowest BCUT2D eigenvalue weighted by molar-refractivity contribution is 0.173. The van der Waals surface area contributed by atoms with Gasteiger partial charge in [-0.05, 0) is 18.9 Å². The fourth-order valence-corrected chi connectivity index (χ4v) is 1.63. The third-order valence-corrected chi connectivity index (χ3v) is 2.19. The Bertz CT molecular complexity index is 239. The van der Waals surface area contributed by atoms with Crippen molar-refractivity contribution < 1.29 is 4.39 Å². The van der Waals surface area contributed by atoms with Crippen LogP contribution in [0.1, 0.15) is 32.3 Å². The van der Waals surface area contributed by atoms with Crippen LogP contribution in [-0.4, -0.2) is 5.67 Å². The highest BCUT2D eigenvalue weighted by Gasteiger charge is 2.21. The molecule has 0 N–H and O–H groups in total. The van der Waals surface area contributed by atoms with Gasteiger partial charge in [-0.15, -0.1) is 0 Å². The quantitative estimate of drug-likeness (QED) is 0.662. The van der Waals surface area contributed by atoms with E-state index in [4.69, 9.17) is 0 Å². The van der Waals surface area contributed by atoms with Crippen molar-refractivity contribution in [2.24, 2.45) is 0 Å². The zero-order chi connectivity index (χ0) is 9.73. The number of alkyl halides is 1. The van der Waals surface area contributed by atoms with Crippen LogP contribution in [0, 0.1) is 0 Å². The Balaban J connectivity index is 2.58. The van der Waals surface area contributed by atoms with Crippen LogP contribution in [0.3, 0.4) is 0 Å². The van der Waals surface area contributed by atoms with Crippen molar-refractivity contribution in [3.05, 3.63) is 35.9 Å². The molecule has 1 unspecified atom stereocenters. The van der Waals surface area contributed by atoms with Crippen molar-refractivity contribution in [3.8, 4) is 0 Å². The summed E-state index contributed by atoms with van der Waals surface area (Å²) in [5.41, 5.74) is 0.0387. The van der Waals surface area contributed by atoms with Crippen LogP contribution < -0.4 is 0 Å². The first kappa shape index (κ1) is 10.2. The molecule has 1 rings (SSSR count). The molecule has 1 aromatic rings. The smallest absolute Gasteiger partial charge is 0.112 e. The molecule has 0 aliphatic rings. The predicted octanol–water partition coefficient (Wildman–Crippen LogP) is 3.76. The van der Waals surface area contributed by atoms with Crippen LogP contribution >= 0.6 is 0 Å². The molecule has 1 aromatic carbocycles. The van der Waals surface area contributed by atoms with E-state index in [0.717, 1.165) is 12.0 Å². The van der Waals surface area contributed by atoms with Crippen molar-refractivity contribution in [1.82, 2.24) is 0 Å². The molecule has 0 nitrogen and oxygen atoms in total. The van der Waals surface area contributed by atoms with Gasteiger partial charge in [-0.3, -0.25) is 0 Å². The maximum absolute atomic E-state index is 13.8. The zero-order valence-electron chi connectivity index (χ0n) is 8.39. The zero-order valence-corrected chi connectivity index (χ0v) is 8.39. The number of rotatable bonds is 4. The second kappa shape index (κ2) is 4.40. The number of halogens is 1. The summed E-state index contributed by atoms with van der Waals surface area (Å²) < 4.78 is 13.8. The number of hydrogen-bond acceptors (Lipinski definition) is 0. The van der Waals surface area contributed by atoms with E-state index in [9.17, 15) is 4.39 Å². The molecule has 72 valence electrons. The molecule has 1 heteroatoms. The van der Waals surface area contributed by atoms with Crippen molar-refractivity contribution >= 4 is 0 Å². The van der Waals surface area contributed by atoms with E-state index < -0.39 is 5.67 Å². The lowest BCUT2D eigenvalue weighted by atomic mass is 9.94. The van der Waals surface area contributed by atoms with Gasteiger partial charge in [0.1, 0.15) is 5.67 Å². The van der Waals surface area contributed by atoms with Gasteiger partial charge in [0.2, 0.25) is 0 Å². The van der Waals surface area contributed by atoms with Gasteiger partial charge in [-0.1, -0.05) is 43.7 Å². The molecule has 0 spiro atoms. The monoisotopic (exact) mass is 180 g/mol. The van der Waals surface area contributed by atoms with Gasteiger partial charge < -0.3 is 0 Å². The fourth-order valence-electron chi connectivity index (χ4n) is 1.63. The van der Waals surface area contributed by atoms with Gasteiger partial charge in [-0.2, -0.15) is 0 Å². The minimum absolute atomic E-state index is 0.529. The largest absolute Gasteiger partial charge is 0.244 e. The third-order valence-electron chi connectivity index (χ3n) is 2.19. The normalized spacial score (nSPS) is 15.3. The van der Waals surface area contributed by atoms with Gasteiger partial charge in [0.25, 0.3) is 0 Å². The molecule has 0 aliphatic heterocycles. The predicted molar refractivity (Wildman–Crippen MR) is 54.6 cm³/mol. The first-order chi connectivity index (χ1) is 6.14. The average Bonchev–Trinajstić information content (AvgIpc) is 2.04. The summed E-state index contributed by atoms with van der Waals surface area (Å²) in [6.07, 6.45) is 2.07. The second-order valence-corrected chi connectivity index (χ2v) is 3.83. The molecule has 13 heavy (non-hydrogen) atoms. The molecular weight excluding hydrogens is 163 g/mol. The van der Waals surface area contributed by atoms with Gasteiger partial charge in [0, 0.05) is 6.42 Å². The van der Waals surface area contributed by atoms with Crippen molar-refractivity contribution in [2.45, 2.75) is 38.8 Å². The maximum atomic E-state index is 13.8. The third kappa shape index (κ3) is 3.58. The van der Waals surface area contributed by atoms with Crippen molar-refractivity contribution in [3.63, 3.8) is 0 Å². The molecule has 0 bridgehead atoms. The van der Waals surface area contributed by atoms with E-state index in [0.29, 0.717) is 12.8 Å². The average molecular weight is 180 g/mol. The van der Waals surface area contributed by atoms with E-state index >= 15 is 0 Å². The Kier molecular flexibility index (Phi) is 3.47. The molecule has 0 amide bonds. The van der Waals surface area contributed by atoms with E-state index in [1.54, 1.807) is 6.92 Å². The molecule has 0 heterocycles. The van der Waals surface area contributed by atoms with Crippen LogP contribution in [-0.2, 0) is 6.42 Å². The molecule has 0 saturated heterocycles. The summed E-state index contributed by atoms with van der Waals surface area (Å²) in [7, 11) is 0. The Morgan fingerprint density at radius 1 is 1.23 bits per heavy atom. The Morgan fingerprint density at radius 3 is 2.38 bits per heavy atom. The van der Waals surface area contributed by atoms with Crippen LogP contribution in [0.15, 0.2) is 30.3 Å². The summed E-state index contributed by atoms with van der Waals surface area (Å²) in [6.45, 7) is 3.70. The maximum Gasteiger partial charge on any atom is 0.112 e. The van der Waals surface area contributed by atoms with Gasteiger partial charge >= 0.3 is 0 Å². The summed E-state index contributed by atoms with van der Waals surface area (Å²) in [5.74, 6) is 0. The van der Waals surface area contributed by atoms with Crippen LogP contribution in [0.2, 0.25) is 0 Å². The highest BCUT2D eigenvalue weighted by atomic mass is 19.1. The minimum atomic E-state index is -1.05. The molecule has 0 radical (unpaired) electrons. The first-order valence-corrected chi connectivity index (χ1v) is 4.87. The topological polar surface area (TPSA) is 0 Å². The van der Waals surface area contributed by atoms with Crippen LogP contribution in [0.4, 0.5) is 4.39 Å². The molecule has 0 saturated carbocycles. The highest BCUT2D eigenvalue weighted by Crippen LogP contribution is 2.22. The van der Waals surface area contributed by atoms with Gasteiger partial charge in [-0.25, -0.2) is 4.39 Å². The van der Waals surface area contributed by atoms with Crippen LogP contribution in [0.5, 0.6) is 0 Å². The number of hydrogen-bond donors (Lipinski definition) is 0. The minimum Gasteiger partial charge on any atom is -0.244 e. The standard InChI is InChI=1S/C12H17F/c1-3-9-12(2,13)10-11-7-5-4-6-8-11/h4-8H,3,9-10H2,1-2H3. The van der Waals surface area contributed by atoms with E-state index in [2.05, 4.69) is 0 Å². The lowest BCUT2D eigenvalue weighted by Gasteiger charge is -2.19. The van der Waals surface area contributed by atoms with Crippen LogP contribution in [0.25, 0.3) is 0 Å². The Morgan fingerprint density at radius 2 is 1.85 bits per heavy atom. The van der Waals surface area contributed by atoms with Crippen molar-refractivity contribution in [1.29, 1.82) is 0 Å². The lowest BCUT2D eigenvalue weighted by Crippen LogP contribution is -2.20. The second-order valence-electron chi connectivity index (χ2n) is 3.83. The first-order valence-electron chi connectivity index (χ1n) is 4.87. The Labute approximate surface area is 79.8 Å². The highest BCUT2D eigenvalue weighted by molar-refractivity contribution is 5.16. The molecule has 1 atom stereocenters. The summed E-state index contributed by atoms with van der Waals surface area (Å²) in [4.78, 5) is 0. The molecule has 0 aromatic heterocycles. The van der Waals surface area contributed by atoms with E-state index in [1.165, 1.54) is 0 Å². The van der Waals surface area contributed by atoms with E-state index in [-0.39, 0.29) is 0 Å². The molecule has 0 aliphatic carbocycles. The molecule has 0 fully saturated rings. The summed E-state index contributed by atoms with van der Waals surface area (Å²) >= 11 is 0. The van der Waals surface area contributed by atoms with Gasteiger partial charge in [0.15, 0.2) is 0 Å². The Hall–Kier alpha value is -0.850. The van der Waals surface area contributed by atoms with E-state index in [1.807, 2.05) is 37.3 Å². The SMILES string of the molecule is CCCC(C)(F)Cc1ccccc1. The number of benzene rings is 1. The van der Waals surface area contributed by atoms with Crippen molar-refractivity contribution in [2.75, 3.05) is 0 Å².